The standard InChI is InChI=1S/C12H14ClF4NO.ClH/c1-2-19-11-8(13)5-7(6-9(11)14)10(18)3-4-12(15,16)17;/h5-6,10H,2-4,18H2,1H3;1H/t10-;/m1./s1. The van der Waals surface area contributed by atoms with Crippen molar-refractivity contribution in [2.75, 3.05) is 6.61 Å². The quantitative estimate of drug-likeness (QED) is 0.795. The van der Waals surface area contributed by atoms with Gasteiger partial charge in [0.1, 0.15) is 0 Å². The van der Waals surface area contributed by atoms with E-state index in [1.165, 1.54) is 6.07 Å². The number of halogens is 6. The first-order valence-corrected chi connectivity index (χ1v) is 6.06. The Morgan fingerprint density at radius 3 is 2.40 bits per heavy atom. The first-order valence-electron chi connectivity index (χ1n) is 5.68. The predicted octanol–water partition coefficient (Wildman–Crippen LogP) is 4.64. The molecule has 1 aromatic rings. The summed E-state index contributed by atoms with van der Waals surface area (Å²) in [7, 11) is 0. The lowest BCUT2D eigenvalue weighted by atomic mass is 10.0. The van der Waals surface area contributed by atoms with Crippen LogP contribution in [0.1, 0.15) is 31.4 Å². The lowest BCUT2D eigenvalue weighted by Gasteiger charge is -2.15. The maximum absolute atomic E-state index is 13.6. The van der Waals surface area contributed by atoms with Gasteiger partial charge in [-0.2, -0.15) is 13.2 Å². The maximum atomic E-state index is 13.6. The SMILES string of the molecule is CCOc1c(F)cc([C@H](N)CCC(F)(F)F)cc1Cl.Cl. The number of hydrogen-bond donors (Lipinski definition) is 1. The number of alkyl halides is 3. The Kier molecular flexibility index (Phi) is 7.62. The molecule has 2 N–H and O–H groups in total. The molecule has 2 nitrogen and oxygen atoms in total. The topological polar surface area (TPSA) is 35.2 Å². The Balaban J connectivity index is 0.00000361. The molecule has 0 heterocycles. The maximum Gasteiger partial charge on any atom is 0.389 e. The largest absolute Gasteiger partial charge is 0.489 e. The summed E-state index contributed by atoms with van der Waals surface area (Å²) in [6, 6.07) is 1.46. The van der Waals surface area contributed by atoms with Crippen molar-refractivity contribution >= 4 is 24.0 Å². The number of benzene rings is 1. The fraction of sp³-hybridized carbons (Fsp3) is 0.500. The van der Waals surface area contributed by atoms with Gasteiger partial charge in [-0.25, -0.2) is 4.39 Å². The molecule has 1 atom stereocenters. The highest BCUT2D eigenvalue weighted by Crippen LogP contribution is 2.33. The average molecular weight is 336 g/mol. The highest BCUT2D eigenvalue weighted by atomic mass is 35.5. The number of rotatable bonds is 5. The molecule has 0 spiro atoms. The van der Waals surface area contributed by atoms with Crippen LogP contribution >= 0.6 is 24.0 Å². The molecule has 0 saturated heterocycles. The van der Waals surface area contributed by atoms with Gasteiger partial charge in [0.25, 0.3) is 0 Å². The van der Waals surface area contributed by atoms with E-state index in [9.17, 15) is 17.6 Å². The number of hydrogen-bond acceptors (Lipinski definition) is 2. The zero-order valence-electron chi connectivity index (χ0n) is 10.6. The summed E-state index contributed by atoms with van der Waals surface area (Å²) in [5, 5.41) is -0.000640. The molecule has 8 heteroatoms. The van der Waals surface area contributed by atoms with Gasteiger partial charge in [0.05, 0.1) is 11.6 Å². The Morgan fingerprint density at radius 2 is 1.95 bits per heavy atom. The average Bonchev–Trinajstić information content (AvgIpc) is 2.29. The molecule has 0 radical (unpaired) electrons. The van der Waals surface area contributed by atoms with Gasteiger partial charge in [-0.05, 0) is 31.0 Å². The van der Waals surface area contributed by atoms with E-state index in [-0.39, 0.29) is 41.8 Å². The smallest absolute Gasteiger partial charge is 0.389 e. The second-order valence-corrected chi connectivity index (χ2v) is 4.41. The van der Waals surface area contributed by atoms with Crippen LogP contribution < -0.4 is 10.5 Å². The molecule has 1 aromatic carbocycles. The molecule has 0 fully saturated rings. The highest BCUT2D eigenvalue weighted by Gasteiger charge is 2.28. The monoisotopic (exact) mass is 335 g/mol. The molecule has 0 aliphatic heterocycles. The van der Waals surface area contributed by atoms with Crippen LogP contribution in [0.2, 0.25) is 5.02 Å². The minimum Gasteiger partial charge on any atom is -0.489 e. The third kappa shape index (κ3) is 5.73. The Morgan fingerprint density at radius 1 is 1.35 bits per heavy atom. The van der Waals surface area contributed by atoms with Crippen molar-refractivity contribution in [2.45, 2.75) is 32.0 Å². The van der Waals surface area contributed by atoms with E-state index >= 15 is 0 Å². The molecular formula is C12H15Cl2F4NO. The summed E-state index contributed by atoms with van der Waals surface area (Å²) in [6.45, 7) is 1.90. The van der Waals surface area contributed by atoms with Crippen LogP contribution in [0.3, 0.4) is 0 Å². The molecule has 0 saturated carbocycles. The molecule has 20 heavy (non-hydrogen) atoms. The summed E-state index contributed by atoms with van der Waals surface area (Å²) in [6.07, 6.45) is -5.64. The van der Waals surface area contributed by atoms with E-state index in [2.05, 4.69) is 0 Å². The third-order valence-corrected chi connectivity index (χ3v) is 2.76. The first-order chi connectivity index (χ1) is 8.74. The van der Waals surface area contributed by atoms with E-state index < -0.39 is 24.5 Å². The van der Waals surface area contributed by atoms with E-state index in [4.69, 9.17) is 22.1 Å². The third-order valence-electron chi connectivity index (χ3n) is 2.48. The van der Waals surface area contributed by atoms with E-state index in [1.807, 2.05) is 0 Å². The fourth-order valence-corrected chi connectivity index (χ4v) is 1.83. The minimum absolute atomic E-state index is 0. The molecule has 0 unspecified atom stereocenters. The molecule has 116 valence electrons. The Bertz CT molecular complexity index is 417. The van der Waals surface area contributed by atoms with Gasteiger partial charge in [0, 0.05) is 12.5 Å². The van der Waals surface area contributed by atoms with Crippen molar-refractivity contribution in [3.63, 3.8) is 0 Å². The van der Waals surface area contributed by atoms with Crippen LogP contribution in [0.25, 0.3) is 0 Å². The van der Waals surface area contributed by atoms with Crippen molar-refractivity contribution in [2.24, 2.45) is 5.73 Å². The van der Waals surface area contributed by atoms with Gasteiger partial charge in [-0.1, -0.05) is 11.6 Å². The number of nitrogens with two attached hydrogens (primary N) is 1. The summed E-state index contributed by atoms with van der Waals surface area (Å²) in [5.74, 6) is -0.845. The lowest BCUT2D eigenvalue weighted by molar-refractivity contribution is -0.136. The minimum atomic E-state index is -4.29. The van der Waals surface area contributed by atoms with Gasteiger partial charge >= 0.3 is 6.18 Å². The van der Waals surface area contributed by atoms with Crippen molar-refractivity contribution < 1.29 is 22.3 Å². The normalized spacial score (nSPS) is 12.8. The van der Waals surface area contributed by atoms with Crippen LogP contribution in [0.5, 0.6) is 5.75 Å². The van der Waals surface area contributed by atoms with Crippen molar-refractivity contribution in [3.05, 3.63) is 28.5 Å². The van der Waals surface area contributed by atoms with Crippen LogP contribution in [-0.4, -0.2) is 12.8 Å². The van der Waals surface area contributed by atoms with Crippen LogP contribution in [0.15, 0.2) is 12.1 Å². The van der Waals surface area contributed by atoms with Gasteiger partial charge in [0.15, 0.2) is 11.6 Å². The van der Waals surface area contributed by atoms with Gasteiger partial charge in [-0.15, -0.1) is 12.4 Å². The first kappa shape index (κ1) is 19.3. The van der Waals surface area contributed by atoms with Crippen molar-refractivity contribution in [1.29, 1.82) is 0 Å². The zero-order chi connectivity index (χ0) is 14.6. The molecule has 0 aromatic heterocycles. The van der Waals surface area contributed by atoms with Crippen molar-refractivity contribution in [1.82, 2.24) is 0 Å². The predicted molar refractivity (Wildman–Crippen MR) is 72.0 cm³/mol. The van der Waals surface area contributed by atoms with Gasteiger partial charge < -0.3 is 10.5 Å². The summed E-state index contributed by atoms with van der Waals surface area (Å²) in [5.41, 5.74) is 5.82. The zero-order valence-corrected chi connectivity index (χ0v) is 12.2. The molecule has 0 aliphatic carbocycles. The second-order valence-electron chi connectivity index (χ2n) is 4.01. The Labute approximate surface area is 125 Å². The van der Waals surface area contributed by atoms with Gasteiger partial charge in [0.2, 0.25) is 0 Å². The Hall–Kier alpha value is -0.720. The van der Waals surface area contributed by atoms with Crippen LogP contribution in [0, 0.1) is 5.82 Å². The second kappa shape index (κ2) is 7.90. The van der Waals surface area contributed by atoms with Crippen LogP contribution in [0.4, 0.5) is 17.6 Å². The van der Waals surface area contributed by atoms with Gasteiger partial charge in [-0.3, -0.25) is 0 Å². The molecule has 0 bridgehead atoms. The molecule has 0 amide bonds. The lowest BCUT2D eigenvalue weighted by Crippen LogP contribution is -2.16. The van der Waals surface area contributed by atoms with E-state index in [0.29, 0.717) is 0 Å². The summed E-state index contributed by atoms with van der Waals surface area (Å²) in [4.78, 5) is 0. The summed E-state index contributed by atoms with van der Waals surface area (Å²) < 4.78 is 54.9. The molecule has 1 rings (SSSR count). The van der Waals surface area contributed by atoms with Crippen LogP contribution in [-0.2, 0) is 0 Å². The van der Waals surface area contributed by atoms with E-state index in [1.54, 1.807) is 6.92 Å². The highest BCUT2D eigenvalue weighted by molar-refractivity contribution is 6.32. The molecular weight excluding hydrogens is 321 g/mol. The van der Waals surface area contributed by atoms with E-state index in [0.717, 1.165) is 6.07 Å². The number of ether oxygens (including phenoxy) is 1. The summed E-state index contributed by atoms with van der Waals surface area (Å²) >= 11 is 5.80. The van der Waals surface area contributed by atoms with Crippen molar-refractivity contribution in [3.8, 4) is 5.75 Å². The fourth-order valence-electron chi connectivity index (χ4n) is 1.56. The molecule has 0 aliphatic rings.